The van der Waals surface area contributed by atoms with Crippen molar-refractivity contribution in [1.29, 1.82) is 0 Å². The highest BCUT2D eigenvalue weighted by molar-refractivity contribution is 6.20. The SMILES string of the molecule is CCCCCCCCCCCCCC(=O)c1ccc(C)c2c(C(=O)NCCCCCCCCCCCC)ccc(C(=O)[O-])c12.CC[NH+](CC)CC.CC[NH+](CC)CC. The van der Waals surface area contributed by atoms with E-state index in [1.54, 1.807) is 21.9 Å². The van der Waals surface area contributed by atoms with E-state index in [9.17, 15) is 19.5 Å². The summed E-state index contributed by atoms with van der Waals surface area (Å²) in [6, 6.07) is 6.53. The highest BCUT2D eigenvalue weighted by Gasteiger charge is 2.20. The third kappa shape index (κ3) is 24.3. The molecule has 0 saturated heterocycles. The fourth-order valence-corrected chi connectivity index (χ4v) is 7.75. The van der Waals surface area contributed by atoms with Gasteiger partial charge in [-0.3, -0.25) is 9.59 Å². The number of nitrogens with one attached hydrogen (secondary N) is 3. The van der Waals surface area contributed by atoms with Crippen LogP contribution in [0.2, 0.25) is 0 Å². The van der Waals surface area contributed by atoms with E-state index in [1.807, 2.05) is 13.0 Å². The number of aryl methyl sites for hydroxylation is 1. The van der Waals surface area contributed by atoms with Gasteiger partial charge < -0.3 is 25.0 Å². The van der Waals surface area contributed by atoms with Gasteiger partial charge in [-0.05, 0) is 78.3 Å². The van der Waals surface area contributed by atoms with Crippen LogP contribution in [0.1, 0.15) is 233 Å². The molecule has 0 aromatic heterocycles. The Balaban J connectivity index is 0.00000197. The van der Waals surface area contributed by atoms with Gasteiger partial charge in [-0.2, -0.15) is 0 Å². The van der Waals surface area contributed by atoms with E-state index in [2.05, 4.69) is 60.7 Å². The van der Waals surface area contributed by atoms with Crippen molar-refractivity contribution in [1.82, 2.24) is 5.32 Å². The lowest BCUT2D eigenvalue weighted by atomic mass is 9.89. The summed E-state index contributed by atoms with van der Waals surface area (Å²) in [7, 11) is 0. The summed E-state index contributed by atoms with van der Waals surface area (Å²) in [5.74, 6) is -1.63. The zero-order valence-electron chi connectivity index (χ0n) is 39.4. The van der Waals surface area contributed by atoms with E-state index >= 15 is 0 Å². The molecule has 0 heterocycles. The van der Waals surface area contributed by atoms with Crippen LogP contribution in [0.5, 0.6) is 0 Å². The van der Waals surface area contributed by atoms with Gasteiger partial charge in [0.25, 0.3) is 5.91 Å². The fraction of sp³-hybridized carbons (Fsp3) is 0.745. The molecular weight excluding hydrogens is 719 g/mol. The van der Waals surface area contributed by atoms with Crippen LogP contribution in [-0.4, -0.2) is 63.5 Å². The Bertz CT molecular complexity index is 1310. The number of ketones is 1. The maximum absolute atomic E-state index is 13.4. The van der Waals surface area contributed by atoms with Gasteiger partial charge in [0.2, 0.25) is 0 Å². The summed E-state index contributed by atoms with van der Waals surface area (Å²) < 4.78 is 0. The number of unbranched alkanes of at least 4 members (excludes halogenated alkanes) is 19. The Kier molecular flexibility index (Phi) is 35.5. The predicted molar refractivity (Wildman–Crippen MR) is 248 cm³/mol. The first-order valence-electron chi connectivity index (χ1n) is 24.4. The van der Waals surface area contributed by atoms with Crippen molar-refractivity contribution in [2.45, 2.75) is 204 Å². The molecule has 2 rings (SSSR count). The molecule has 7 heteroatoms. The molecule has 2 aromatic carbocycles. The molecule has 7 nitrogen and oxygen atoms in total. The van der Waals surface area contributed by atoms with Crippen LogP contribution < -0.4 is 20.2 Å². The van der Waals surface area contributed by atoms with Crippen LogP contribution in [-0.2, 0) is 0 Å². The molecule has 58 heavy (non-hydrogen) atoms. The van der Waals surface area contributed by atoms with Gasteiger partial charge in [0.1, 0.15) is 0 Å². The molecule has 0 saturated carbocycles. The van der Waals surface area contributed by atoms with Gasteiger partial charge in [-0.1, -0.05) is 154 Å². The number of hydrogen-bond acceptors (Lipinski definition) is 4. The normalized spacial score (nSPS) is 11.0. The third-order valence-corrected chi connectivity index (χ3v) is 12.0. The number of hydrogen-bond donors (Lipinski definition) is 3. The number of quaternary nitrogens is 2. The number of carbonyl (C=O) groups is 3. The zero-order valence-corrected chi connectivity index (χ0v) is 39.4. The predicted octanol–water partition coefficient (Wildman–Crippen LogP) is 9.91. The lowest BCUT2D eigenvalue weighted by molar-refractivity contribution is -0.894. The van der Waals surface area contributed by atoms with Crippen molar-refractivity contribution in [2.75, 3.05) is 45.8 Å². The van der Waals surface area contributed by atoms with E-state index in [1.165, 1.54) is 148 Å². The third-order valence-electron chi connectivity index (χ3n) is 12.0. The molecule has 0 aliphatic heterocycles. The summed E-state index contributed by atoms with van der Waals surface area (Å²) in [5, 5.41) is 16.0. The average Bonchev–Trinajstić information content (AvgIpc) is 3.23. The maximum Gasteiger partial charge on any atom is 0.251 e. The smallest absolute Gasteiger partial charge is 0.251 e. The van der Waals surface area contributed by atoms with Crippen molar-refractivity contribution in [2.24, 2.45) is 0 Å². The molecule has 2 aromatic rings. The Morgan fingerprint density at radius 1 is 0.466 bits per heavy atom. The summed E-state index contributed by atoms with van der Waals surface area (Å²) in [6.07, 6.45) is 25.9. The number of carboxylic acids is 1. The standard InChI is InChI=1S/C39H61NO4.2C6H15N/c1-4-6-8-10-12-14-16-17-19-21-23-25-35(41)32-27-26-31(3)36-33(28-29-34(37(32)36)39(43)44)38(42)40-30-24-22-20-18-15-13-11-9-7-5-2;2*1-4-7(5-2)6-3/h26-29H,4-25,30H2,1-3H3,(H,40,42)(H,43,44);2*4-6H2,1-3H3/p+1. The molecule has 0 radical (unpaired) electrons. The summed E-state index contributed by atoms with van der Waals surface area (Å²) in [5.41, 5.74) is 1.54. The molecule has 0 atom stereocenters. The van der Waals surface area contributed by atoms with Crippen molar-refractivity contribution >= 4 is 28.4 Å². The summed E-state index contributed by atoms with van der Waals surface area (Å²) in [6.45, 7) is 27.9. The second-order valence-electron chi connectivity index (χ2n) is 16.4. The number of amides is 1. The van der Waals surface area contributed by atoms with Crippen LogP contribution in [0.3, 0.4) is 0 Å². The lowest BCUT2D eigenvalue weighted by Crippen LogP contribution is -3.11. The Hall–Kier alpha value is -2.77. The van der Waals surface area contributed by atoms with Crippen LogP contribution in [0.4, 0.5) is 0 Å². The molecule has 0 fully saturated rings. The minimum absolute atomic E-state index is 0.0303. The molecule has 334 valence electrons. The summed E-state index contributed by atoms with van der Waals surface area (Å²) in [4.78, 5) is 42.1. The largest absolute Gasteiger partial charge is 0.545 e. The topological polar surface area (TPSA) is 95.2 Å². The second-order valence-corrected chi connectivity index (χ2v) is 16.4. The lowest BCUT2D eigenvalue weighted by Gasteiger charge is -2.17. The van der Waals surface area contributed by atoms with E-state index in [0.29, 0.717) is 34.9 Å². The zero-order chi connectivity index (χ0) is 43.4. The van der Waals surface area contributed by atoms with E-state index in [0.717, 1.165) is 37.7 Å². The van der Waals surface area contributed by atoms with Crippen LogP contribution in [0.15, 0.2) is 24.3 Å². The van der Waals surface area contributed by atoms with E-state index < -0.39 is 5.97 Å². The Labute approximate surface area is 357 Å². The molecule has 0 spiro atoms. The van der Waals surface area contributed by atoms with Gasteiger partial charge in [0.05, 0.1) is 45.2 Å². The highest BCUT2D eigenvalue weighted by atomic mass is 16.4. The minimum atomic E-state index is -1.33. The Morgan fingerprint density at radius 2 is 0.828 bits per heavy atom. The Morgan fingerprint density at radius 3 is 1.21 bits per heavy atom. The minimum Gasteiger partial charge on any atom is -0.545 e. The van der Waals surface area contributed by atoms with Crippen molar-refractivity contribution < 1.29 is 29.3 Å². The van der Waals surface area contributed by atoms with Gasteiger partial charge in [0.15, 0.2) is 5.78 Å². The number of Topliss-reactive ketones (excluding diaryl/α,β-unsaturated/α-hetero) is 1. The molecule has 3 N–H and O–H groups in total. The number of rotatable bonds is 32. The number of carboxylic acid groups (broad SMARTS) is 1. The first-order valence-corrected chi connectivity index (χ1v) is 24.4. The number of benzene rings is 2. The molecule has 0 unspecified atom stereocenters. The van der Waals surface area contributed by atoms with Crippen LogP contribution in [0, 0.1) is 6.92 Å². The van der Waals surface area contributed by atoms with Crippen molar-refractivity contribution in [3.8, 4) is 0 Å². The fourth-order valence-electron chi connectivity index (χ4n) is 7.75. The molecular formula is C51H92N3O4+. The molecule has 0 aliphatic rings. The van der Waals surface area contributed by atoms with Gasteiger partial charge >= 0.3 is 0 Å². The first kappa shape index (κ1) is 55.2. The quantitative estimate of drug-likeness (QED) is 0.0507. The molecule has 0 aliphatic carbocycles. The van der Waals surface area contributed by atoms with E-state index in [-0.39, 0.29) is 17.3 Å². The molecule has 0 bridgehead atoms. The highest BCUT2D eigenvalue weighted by Crippen LogP contribution is 2.31. The monoisotopic (exact) mass is 811 g/mol. The van der Waals surface area contributed by atoms with Gasteiger partial charge in [-0.25, -0.2) is 0 Å². The second kappa shape index (κ2) is 37.2. The van der Waals surface area contributed by atoms with Crippen LogP contribution >= 0.6 is 0 Å². The molecule has 1 amide bonds. The first-order chi connectivity index (χ1) is 28.1. The maximum atomic E-state index is 13.4. The number of fused-ring (bicyclic) bond motifs is 1. The van der Waals surface area contributed by atoms with Crippen molar-refractivity contribution in [3.05, 3.63) is 46.5 Å². The number of carbonyl (C=O) groups excluding carboxylic acids is 3. The number of aromatic carboxylic acids is 1. The average molecular weight is 811 g/mol. The summed E-state index contributed by atoms with van der Waals surface area (Å²) >= 11 is 0. The van der Waals surface area contributed by atoms with Gasteiger partial charge in [0, 0.05) is 35.0 Å². The van der Waals surface area contributed by atoms with Gasteiger partial charge in [-0.15, -0.1) is 0 Å². The van der Waals surface area contributed by atoms with Crippen LogP contribution in [0.25, 0.3) is 10.8 Å². The van der Waals surface area contributed by atoms with Crippen molar-refractivity contribution in [3.63, 3.8) is 0 Å². The van der Waals surface area contributed by atoms with E-state index in [4.69, 9.17) is 0 Å².